The Balaban J connectivity index is 1.87. The molecular formula is C21H14ClN5O2S. The summed E-state index contributed by atoms with van der Waals surface area (Å²) in [5.74, 6) is 1.29. The van der Waals surface area contributed by atoms with Gasteiger partial charge in [-0.25, -0.2) is 4.98 Å². The van der Waals surface area contributed by atoms with Gasteiger partial charge in [-0.05, 0) is 46.7 Å². The minimum absolute atomic E-state index is 0.309. The van der Waals surface area contributed by atoms with Crippen LogP contribution in [0.1, 0.15) is 0 Å². The summed E-state index contributed by atoms with van der Waals surface area (Å²) in [4.78, 5) is 9.87. The SMILES string of the molecule is COc1ccc(-c2cc(-c3cccnc3)nc3sc4c(Cl)nnnc4c23)cc1OC. The molecule has 4 aromatic heterocycles. The van der Waals surface area contributed by atoms with E-state index in [9.17, 15) is 0 Å². The summed E-state index contributed by atoms with van der Waals surface area (Å²) in [7, 11) is 3.22. The molecule has 7 nitrogen and oxygen atoms in total. The molecule has 4 heterocycles. The van der Waals surface area contributed by atoms with E-state index in [2.05, 4.69) is 20.4 Å². The van der Waals surface area contributed by atoms with Crippen LogP contribution in [0.5, 0.6) is 11.5 Å². The van der Waals surface area contributed by atoms with E-state index in [1.54, 1.807) is 26.6 Å². The summed E-state index contributed by atoms with van der Waals surface area (Å²) in [5.41, 5.74) is 4.24. The Labute approximate surface area is 180 Å². The summed E-state index contributed by atoms with van der Waals surface area (Å²) in [6, 6.07) is 11.7. The molecule has 0 amide bonds. The Morgan fingerprint density at radius 2 is 1.83 bits per heavy atom. The fourth-order valence-corrected chi connectivity index (χ4v) is 4.61. The number of ether oxygens (including phenoxy) is 2. The minimum atomic E-state index is 0.309. The lowest BCUT2D eigenvalue weighted by atomic mass is 10.00. The van der Waals surface area contributed by atoms with Crippen LogP contribution >= 0.6 is 22.9 Å². The first-order valence-corrected chi connectivity index (χ1v) is 10.1. The van der Waals surface area contributed by atoms with E-state index in [0.717, 1.165) is 37.3 Å². The highest BCUT2D eigenvalue weighted by molar-refractivity contribution is 7.26. The number of nitrogens with zero attached hydrogens (tertiary/aromatic N) is 5. The molecule has 0 fully saturated rings. The van der Waals surface area contributed by atoms with E-state index in [-0.39, 0.29) is 0 Å². The van der Waals surface area contributed by atoms with Crippen LogP contribution in [-0.2, 0) is 0 Å². The predicted octanol–water partition coefficient (Wildman–Crippen LogP) is 5.03. The van der Waals surface area contributed by atoms with E-state index in [4.69, 9.17) is 26.1 Å². The Bertz CT molecular complexity index is 1390. The molecule has 0 aliphatic heterocycles. The van der Waals surface area contributed by atoms with Gasteiger partial charge in [0.05, 0.1) is 24.6 Å². The molecule has 0 bridgehead atoms. The lowest BCUT2D eigenvalue weighted by Crippen LogP contribution is -1.93. The van der Waals surface area contributed by atoms with Crippen LogP contribution in [-0.4, -0.2) is 39.6 Å². The normalized spacial score (nSPS) is 11.2. The van der Waals surface area contributed by atoms with Crippen molar-refractivity contribution in [1.29, 1.82) is 0 Å². The lowest BCUT2D eigenvalue weighted by Gasteiger charge is -2.12. The number of methoxy groups -OCH3 is 2. The van der Waals surface area contributed by atoms with Gasteiger partial charge in [0.1, 0.15) is 10.3 Å². The highest BCUT2D eigenvalue weighted by Crippen LogP contribution is 2.43. The molecule has 9 heteroatoms. The van der Waals surface area contributed by atoms with Crippen molar-refractivity contribution in [3.05, 3.63) is 53.9 Å². The first-order chi connectivity index (χ1) is 14.7. The van der Waals surface area contributed by atoms with E-state index in [1.807, 2.05) is 36.4 Å². The van der Waals surface area contributed by atoms with Crippen molar-refractivity contribution in [2.75, 3.05) is 14.2 Å². The molecule has 5 aromatic rings. The number of hydrogen-bond donors (Lipinski definition) is 0. The largest absolute Gasteiger partial charge is 0.493 e. The molecular weight excluding hydrogens is 422 g/mol. The second-order valence-corrected chi connectivity index (χ2v) is 7.76. The van der Waals surface area contributed by atoms with Crippen molar-refractivity contribution < 1.29 is 9.47 Å². The Morgan fingerprint density at radius 1 is 0.967 bits per heavy atom. The average Bonchev–Trinajstić information content (AvgIpc) is 3.18. The third-order valence-electron chi connectivity index (χ3n) is 4.75. The molecule has 0 aliphatic carbocycles. The summed E-state index contributed by atoms with van der Waals surface area (Å²) in [6.07, 6.45) is 3.52. The monoisotopic (exact) mass is 435 g/mol. The van der Waals surface area contributed by atoms with Crippen molar-refractivity contribution in [2.45, 2.75) is 0 Å². The highest BCUT2D eigenvalue weighted by atomic mass is 35.5. The first-order valence-electron chi connectivity index (χ1n) is 8.94. The van der Waals surface area contributed by atoms with Crippen LogP contribution in [0, 0.1) is 0 Å². The van der Waals surface area contributed by atoms with Crippen LogP contribution in [0.3, 0.4) is 0 Å². The number of benzene rings is 1. The number of fused-ring (bicyclic) bond motifs is 3. The third-order valence-corrected chi connectivity index (χ3v) is 6.21. The molecule has 0 aliphatic rings. The van der Waals surface area contributed by atoms with Crippen LogP contribution in [0.2, 0.25) is 5.15 Å². The number of halogens is 1. The van der Waals surface area contributed by atoms with Crippen molar-refractivity contribution in [3.8, 4) is 33.9 Å². The third kappa shape index (κ3) is 3.01. The number of thiophene rings is 1. The molecule has 1 aromatic carbocycles. The predicted molar refractivity (Wildman–Crippen MR) is 117 cm³/mol. The molecule has 5 rings (SSSR count). The molecule has 0 spiro atoms. The molecule has 0 N–H and O–H groups in total. The Kier molecular flexibility index (Phi) is 4.65. The van der Waals surface area contributed by atoms with Gasteiger partial charge in [-0.1, -0.05) is 17.7 Å². The number of aromatic nitrogens is 5. The summed E-state index contributed by atoms with van der Waals surface area (Å²) in [6.45, 7) is 0. The fourth-order valence-electron chi connectivity index (χ4n) is 3.36. The standard InChI is InChI=1S/C21H14ClN5O2S/c1-28-15-6-5-11(8-16(15)29-2)13-9-14(12-4-3-7-23-10-12)24-21-17(13)18-19(30-21)20(22)26-27-25-18/h3-10H,1-2H3. The van der Waals surface area contributed by atoms with Crippen LogP contribution in [0.4, 0.5) is 0 Å². The maximum Gasteiger partial charge on any atom is 0.172 e. The molecule has 148 valence electrons. The van der Waals surface area contributed by atoms with Crippen LogP contribution < -0.4 is 9.47 Å². The van der Waals surface area contributed by atoms with Crippen LogP contribution in [0.25, 0.3) is 42.8 Å². The first kappa shape index (κ1) is 18.7. The van der Waals surface area contributed by atoms with Crippen molar-refractivity contribution in [3.63, 3.8) is 0 Å². The van der Waals surface area contributed by atoms with Crippen molar-refractivity contribution in [1.82, 2.24) is 25.4 Å². The van der Waals surface area contributed by atoms with Gasteiger partial charge in [-0.2, -0.15) is 0 Å². The zero-order valence-electron chi connectivity index (χ0n) is 16.0. The second-order valence-electron chi connectivity index (χ2n) is 6.41. The molecule has 0 saturated heterocycles. The molecule has 30 heavy (non-hydrogen) atoms. The van der Waals surface area contributed by atoms with Gasteiger partial charge < -0.3 is 9.47 Å². The van der Waals surface area contributed by atoms with Gasteiger partial charge in [-0.15, -0.1) is 21.5 Å². The van der Waals surface area contributed by atoms with E-state index in [1.165, 1.54) is 11.3 Å². The lowest BCUT2D eigenvalue weighted by molar-refractivity contribution is 0.355. The van der Waals surface area contributed by atoms with Gasteiger partial charge in [0, 0.05) is 23.3 Å². The smallest absolute Gasteiger partial charge is 0.172 e. The molecule has 0 atom stereocenters. The quantitative estimate of drug-likeness (QED) is 0.391. The van der Waals surface area contributed by atoms with E-state index in [0.29, 0.717) is 22.2 Å². The maximum atomic E-state index is 6.29. The Hall–Kier alpha value is -3.36. The van der Waals surface area contributed by atoms with E-state index < -0.39 is 0 Å². The fraction of sp³-hybridized carbons (Fsp3) is 0.0952. The maximum absolute atomic E-state index is 6.29. The summed E-state index contributed by atoms with van der Waals surface area (Å²) in [5, 5.41) is 13.1. The number of pyridine rings is 2. The van der Waals surface area contributed by atoms with Gasteiger partial charge in [0.2, 0.25) is 0 Å². The average molecular weight is 436 g/mol. The number of hydrogen-bond acceptors (Lipinski definition) is 8. The van der Waals surface area contributed by atoms with Gasteiger partial charge >= 0.3 is 0 Å². The molecule has 0 unspecified atom stereocenters. The topological polar surface area (TPSA) is 82.9 Å². The highest BCUT2D eigenvalue weighted by Gasteiger charge is 2.19. The minimum Gasteiger partial charge on any atom is -0.493 e. The molecule has 0 radical (unpaired) electrons. The van der Waals surface area contributed by atoms with Crippen molar-refractivity contribution >= 4 is 43.4 Å². The molecule has 0 saturated carbocycles. The van der Waals surface area contributed by atoms with Gasteiger partial charge in [0.25, 0.3) is 0 Å². The van der Waals surface area contributed by atoms with Crippen LogP contribution in [0.15, 0.2) is 48.8 Å². The summed E-state index contributed by atoms with van der Waals surface area (Å²) < 4.78 is 11.6. The number of rotatable bonds is 4. The zero-order valence-corrected chi connectivity index (χ0v) is 17.5. The van der Waals surface area contributed by atoms with Gasteiger partial charge in [0.15, 0.2) is 16.7 Å². The van der Waals surface area contributed by atoms with E-state index >= 15 is 0 Å². The zero-order chi connectivity index (χ0) is 20.7. The Morgan fingerprint density at radius 3 is 2.60 bits per heavy atom. The summed E-state index contributed by atoms with van der Waals surface area (Å²) >= 11 is 7.73. The van der Waals surface area contributed by atoms with Crippen molar-refractivity contribution in [2.24, 2.45) is 0 Å². The second kappa shape index (κ2) is 7.47. The van der Waals surface area contributed by atoms with Gasteiger partial charge in [-0.3, -0.25) is 4.98 Å².